The number of hydrogen-bond acceptors (Lipinski definition) is 2. The molecule has 0 aliphatic rings. The van der Waals surface area contributed by atoms with Crippen LogP contribution in [0.1, 0.15) is 17.0 Å². The summed E-state index contributed by atoms with van der Waals surface area (Å²) >= 11 is 6.06. The molecule has 0 bridgehead atoms. The van der Waals surface area contributed by atoms with E-state index in [1.165, 1.54) is 0 Å². The zero-order chi connectivity index (χ0) is 14.8. The highest BCUT2D eigenvalue weighted by Gasteiger charge is 2.13. The second kappa shape index (κ2) is 5.59. The first-order chi connectivity index (χ1) is 10.2. The minimum Gasteiger partial charge on any atom is -0.295 e. The molecule has 0 fully saturated rings. The van der Waals surface area contributed by atoms with Crippen molar-refractivity contribution in [1.29, 1.82) is 5.26 Å². The topological polar surface area (TPSA) is 41.6 Å². The van der Waals surface area contributed by atoms with Crippen molar-refractivity contribution in [3.63, 3.8) is 0 Å². The summed E-state index contributed by atoms with van der Waals surface area (Å²) in [5.74, 6) is 1.18. The van der Waals surface area contributed by atoms with E-state index in [1.807, 2.05) is 36.4 Å². The standard InChI is InChI=1S/C17H14ClN3/c1-12-3-2-4-15-17(12)21(16(11-18)20-15)14-7-5-13(6-8-14)9-10-19/h2-8H,9,11H2,1H3. The molecule has 3 rings (SSSR count). The molecular formula is C17H14ClN3. The van der Waals surface area contributed by atoms with E-state index in [4.69, 9.17) is 16.9 Å². The van der Waals surface area contributed by atoms with Gasteiger partial charge in [0.2, 0.25) is 0 Å². The Balaban J connectivity index is 2.21. The van der Waals surface area contributed by atoms with Crippen molar-refractivity contribution in [1.82, 2.24) is 9.55 Å². The van der Waals surface area contributed by atoms with Crippen LogP contribution in [0.5, 0.6) is 0 Å². The molecule has 1 heterocycles. The van der Waals surface area contributed by atoms with Gasteiger partial charge in [-0.2, -0.15) is 5.26 Å². The number of benzene rings is 2. The van der Waals surface area contributed by atoms with Crippen molar-refractivity contribution < 1.29 is 0 Å². The predicted molar refractivity (Wildman–Crippen MR) is 84.7 cm³/mol. The maximum absolute atomic E-state index is 8.75. The average molecular weight is 296 g/mol. The third-order valence-corrected chi connectivity index (χ3v) is 3.78. The van der Waals surface area contributed by atoms with Gasteiger partial charge in [-0.1, -0.05) is 24.3 Å². The third kappa shape index (κ3) is 2.39. The fraction of sp³-hybridized carbons (Fsp3) is 0.176. The number of halogens is 1. The quantitative estimate of drug-likeness (QED) is 0.682. The molecule has 0 amide bonds. The van der Waals surface area contributed by atoms with Crippen LogP contribution in [0.3, 0.4) is 0 Å². The van der Waals surface area contributed by atoms with Gasteiger partial charge in [-0.05, 0) is 36.2 Å². The number of aromatic nitrogens is 2. The zero-order valence-electron chi connectivity index (χ0n) is 11.7. The molecule has 0 N–H and O–H groups in total. The normalized spacial score (nSPS) is 10.7. The molecular weight excluding hydrogens is 282 g/mol. The molecule has 0 aliphatic carbocycles. The lowest BCUT2D eigenvalue weighted by Crippen LogP contribution is -2.00. The monoisotopic (exact) mass is 295 g/mol. The Kier molecular flexibility index (Phi) is 3.64. The molecule has 1 aromatic heterocycles. The van der Waals surface area contributed by atoms with E-state index in [2.05, 4.69) is 28.6 Å². The lowest BCUT2D eigenvalue weighted by molar-refractivity contribution is 0.977. The van der Waals surface area contributed by atoms with Crippen molar-refractivity contribution in [2.75, 3.05) is 0 Å². The van der Waals surface area contributed by atoms with Gasteiger partial charge in [0.05, 0.1) is 29.4 Å². The minimum atomic E-state index is 0.355. The van der Waals surface area contributed by atoms with Crippen LogP contribution < -0.4 is 0 Å². The molecule has 3 nitrogen and oxygen atoms in total. The summed E-state index contributed by atoms with van der Waals surface area (Å²) < 4.78 is 2.09. The fourth-order valence-corrected chi connectivity index (χ4v) is 2.74. The van der Waals surface area contributed by atoms with Crippen molar-refractivity contribution in [2.45, 2.75) is 19.2 Å². The minimum absolute atomic E-state index is 0.355. The van der Waals surface area contributed by atoms with Crippen LogP contribution >= 0.6 is 11.6 Å². The Hall–Kier alpha value is -2.31. The van der Waals surface area contributed by atoms with E-state index in [0.717, 1.165) is 33.7 Å². The maximum Gasteiger partial charge on any atom is 0.129 e. The van der Waals surface area contributed by atoms with E-state index >= 15 is 0 Å². The number of nitrogens with zero attached hydrogens (tertiary/aromatic N) is 3. The average Bonchev–Trinajstić information content (AvgIpc) is 2.88. The molecule has 0 radical (unpaired) electrons. The summed E-state index contributed by atoms with van der Waals surface area (Å²) in [7, 11) is 0. The van der Waals surface area contributed by atoms with Crippen molar-refractivity contribution >= 4 is 22.6 Å². The van der Waals surface area contributed by atoms with Crippen LogP contribution in [0, 0.1) is 18.3 Å². The Morgan fingerprint density at radius 3 is 2.62 bits per heavy atom. The Bertz CT molecular complexity index is 826. The first-order valence-electron chi connectivity index (χ1n) is 6.73. The molecule has 3 aromatic rings. The number of imidazole rings is 1. The van der Waals surface area contributed by atoms with Crippen molar-refractivity contribution in [2.24, 2.45) is 0 Å². The summed E-state index contributed by atoms with van der Waals surface area (Å²) in [6, 6.07) is 16.2. The molecule has 21 heavy (non-hydrogen) atoms. The van der Waals surface area contributed by atoms with Crippen LogP contribution in [0.4, 0.5) is 0 Å². The number of nitriles is 1. The summed E-state index contributed by atoms with van der Waals surface area (Å²) in [6.07, 6.45) is 0.423. The second-order valence-corrected chi connectivity index (χ2v) is 5.21. The molecule has 0 atom stereocenters. The van der Waals surface area contributed by atoms with E-state index < -0.39 is 0 Å². The van der Waals surface area contributed by atoms with Gasteiger partial charge >= 0.3 is 0 Å². The van der Waals surface area contributed by atoms with Crippen LogP contribution in [0.15, 0.2) is 42.5 Å². The Labute approximate surface area is 128 Å². The van der Waals surface area contributed by atoms with Gasteiger partial charge in [0, 0.05) is 5.69 Å². The molecule has 2 aromatic carbocycles. The van der Waals surface area contributed by atoms with Crippen LogP contribution in [0.2, 0.25) is 0 Å². The number of alkyl halides is 1. The largest absolute Gasteiger partial charge is 0.295 e. The Morgan fingerprint density at radius 1 is 1.19 bits per heavy atom. The molecule has 0 saturated carbocycles. The van der Waals surface area contributed by atoms with Gasteiger partial charge in [-0.3, -0.25) is 4.57 Å². The SMILES string of the molecule is Cc1cccc2nc(CCl)n(-c3ccc(CC#N)cc3)c12. The number of hydrogen-bond donors (Lipinski definition) is 0. The zero-order valence-corrected chi connectivity index (χ0v) is 12.4. The molecule has 0 aliphatic heterocycles. The van der Waals surface area contributed by atoms with Gasteiger partial charge in [0.25, 0.3) is 0 Å². The first-order valence-corrected chi connectivity index (χ1v) is 7.27. The number of aryl methyl sites for hydroxylation is 1. The molecule has 104 valence electrons. The van der Waals surface area contributed by atoms with Gasteiger partial charge in [0.1, 0.15) is 5.82 Å². The van der Waals surface area contributed by atoms with Gasteiger partial charge in [-0.15, -0.1) is 11.6 Å². The highest BCUT2D eigenvalue weighted by Crippen LogP contribution is 2.25. The summed E-state index contributed by atoms with van der Waals surface area (Å²) in [4.78, 5) is 4.61. The second-order valence-electron chi connectivity index (χ2n) is 4.94. The first kappa shape index (κ1) is 13.7. The highest BCUT2D eigenvalue weighted by atomic mass is 35.5. The molecule has 0 unspecified atom stereocenters. The molecule has 0 spiro atoms. The fourth-order valence-electron chi connectivity index (χ4n) is 2.56. The van der Waals surface area contributed by atoms with Crippen molar-refractivity contribution in [3.05, 3.63) is 59.4 Å². The number of para-hydroxylation sites is 1. The van der Waals surface area contributed by atoms with Gasteiger partial charge in [-0.25, -0.2) is 4.98 Å². The summed E-state index contributed by atoms with van der Waals surface area (Å²) in [6.45, 7) is 2.07. The summed E-state index contributed by atoms with van der Waals surface area (Å²) in [5, 5.41) is 8.75. The summed E-state index contributed by atoms with van der Waals surface area (Å²) in [5.41, 5.74) is 5.23. The smallest absolute Gasteiger partial charge is 0.129 e. The lowest BCUT2D eigenvalue weighted by Gasteiger charge is -2.10. The van der Waals surface area contributed by atoms with Crippen LogP contribution in [-0.4, -0.2) is 9.55 Å². The number of fused-ring (bicyclic) bond motifs is 1. The van der Waals surface area contributed by atoms with E-state index in [9.17, 15) is 0 Å². The maximum atomic E-state index is 8.75. The third-order valence-electron chi connectivity index (χ3n) is 3.54. The van der Waals surface area contributed by atoms with Gasteiger partial charge < -0.3 is 0 Å². The van der Waals surface area contributed by atoms with Gasteiger partial charge in [0.15, 0.2) is 0 Å². The predicted octanol–water partition coefficient (Wildman–Crippen LogP) is 4.14. The Morgan fingerprint density at radius 2 is 1.95 bits per heavy atom. The molecule has 0 saturated heterocycles. The lowest BCUT2D eigenvalue weighted by atomic mass is 10.1. The van der Waals surface area contributed by atoms with E-state index in [1.54, 1.807) is 0 Å². The van der Waals surface area contributed by atoms with Crippen molar-refractivity contribution in [3.8, 4) is 11.8 Å². The van der Waals surface area contributed by atoms with Crippen LogP contribution in [0.25, 0.3) is 16.7 Å². The molecule has 4 heteroatoms. The van der Waals surface area contributed by atoms with E-state index in [0.29, 0.717) is 12.3 Å². The number of rotatable bonds is 3. The van der Waals surface area contributed by atoms with E-state index in [-0.39, 0.29) is 0 Å². The van der Waals surface area contributed by atoms with Crippen LogP contribution in [-0.2, 0) is 12.3 Å². The highest BCUT2D eigenvalue weighted by molar-refractivity contribution is 6.17.